The predicted molar refractivity (Wildman–Crippen MR) is 155 cm³/mol. The van der Waals surface area contributed by atoms with Crippen LogP contribution in [0.15, 0.2) is 65.9 Å². The van der Waals surface area contributed by atoms with Crippen molar-refractivity contribution < 1.29 is 19.0 Å². The molecule has 3 heterocycles. The molecule has 0 bridgehead atoms. The smallest absolute Gasteiger partial charge is 0.338 e. The number of para-hydroxylation sites is 1. The monoisotopic (exact) mass is 543 g/mol. The van der Waals surface area contributed by atoms with Crippen molar-refractivity contribution >= 4 is 17.7 Å². The molecule has 210 valence electrons. The Morgan fingerprint density at radius 1 is 1.02 bits per heavy atom. The van der Waals surface area contributed by atoms with Gasteiger partial charge in [-0.15, -0.1) is 0 Å². The second kappa shape index (κ2) is 12.0. The highest BCUT2D eigenvalue weighted by atomic mass is 16.5. The Bertz CT molecular complexity index is 1380. The van der Waals surface area contributed by atoms with Crippen molar-refractivity contribution in [2.24, 2.45) is 0 Å². The van der Waals surface area contributed by atoms with Crippen LogP contribution in [0.25, 0.3) is 0 Å². The maximum Gasteiger partial charge on any atom is 0.338 e. The Hall–Kier alpha value is -4.11. The lowest BCUT2D eigenvalue weighted by Crippen LogP contribution is -2.47. The van der Waals surface area contributed by atoms with Gasteiger partial charge >= 0.3 is 5.97 Å². The fourth-order valence-electron chi connectivity index (χ4n) is 5.39. The minimum atomic E-state index is -0.521. The van der Waals surface area contributed by atoms with E-state index in [1.807, 2.05) is 49.3 Å². The predicted octanol–water partition coefficient (Wildman–Crippen LogP) is 4.23. The molecular weight excluding hydrogens is 506 g/mol. The van der Waals surface area contributed by atoms with E-state index in [0.29, 0.717) is 28.9 Å². The summed E-state index contributed by atoms with van der Waals surface area (Å²) >= 11 is 0. The Morgan fingerprint density at radius 3 is 2.40 bits per heavy atom. The number of methoxy groups -OCH3 is 1. The van der Waals surface area contributed by atoms with Crippen molar-refractivity contribution in [1.29, 1.82) is 0 Å². The molecule has 2 aliphatic rings. The van der Waals surface area contributed by atoms with Crippen molar-refractivity contribution in [2.45, 2.75) is 26.3 Å². The first-order valence-corrected chi connectivity index (χ1v) is 13.7. The number of rotatable bonds is 8. The van der Waals surface area contributed by atoms with E-state index in [4.69, 9.17) is 24.2 Å². The lowest BCUT2D eigenvalue weighted by Gasteiger charge is -2.38. The van der Waals surface area contributed by atoms with Crippen LogP contribution in [0.5, 0.6) is 11.6 Å². The van der Waals surface area contributed by atoms with Gasteiger partial charge in [-0.1, -0.05) is 48.5 Å². The highest BCUT2D eigenvalue weighted by Gasteiger charge is 2.41. The van der Waals surface area contributed by atoms with Gasteiger partial charge in [0.1, 0.15) is 17.3 Å². The van der Waals surface area contributed by atoms with Gasteiger partial charge in [0, 0.05) is 52.4 Å². The summed E-state index contributed by atoms with van der Waals surface area (Å²) in [7, 11) is 5.46. The molecule has 9 heteroatoms. The van der Waals surface area contributed by atoms with Crippen LogP contribution in [-0.2, 0) is 16.1 Å². The number of aromatic nitrogens is 2. The number of anilines is 2. The van der Waals surface area contributed by atoms with E-state index >= 15 is 0 Å². The van der Waals surface area contributed by atoms with Gasteiger partial charge in [0.2, 0.25) is 11.8 Å². The van der Waals surface area contributed by atoms with Crippen LogP contribution in [0.3, 0.4) is 0 Å². The fraction of sp³-hybridized carbons (Fsp3) is 0.387. The van der Waals surface area contributed by atoms with E-state index in [1.165, 1.54) is 5.56 Å². The highest BCUT2D eigenvalue weighted by Crippen LogP contribution is 2.49. The maximum absolute atomic E-state index is 13.4. The summed E-state index contributed by atoms with van der Waals surface area (Å²) in [5, 5.41) is 0. The number of ether oxygens (including phenoxy) is 3. The van der Waals surface area contributed by atoms with Gasteiger partial charge in [-0.2, -0.15) is 9.97 Å². The minimum absolute atomic E-state index is 0.257. The van der Waals surface area contributed by atoms with Gasteiger partial charge in [0.15, 0.2) is 0 Å². The molecule has 5 rings (SSSR count). The van der Waals surface area contributed by atoms with Crippen molar-refractivity contribution in [2.75, 3.05) is 63.8 Å². The molecule has 3 aromatic rings. The number of fused-ring (bicyclic) bond motifs is 1. The molecule has 0 radical (unpaired) electrons. The van der Waals surface area contributed by atoms with E-state index in [2.05, 4.69) is 34.1 Å². The zero-order chi connectivity index (χ0) is 28.2. The Kier molecular flexibility index (Phi) is 8.21. The standard InChI is InChI=1S/C31H37N5O4/c1-6-39-30(37)25-21(2)40-29-27(26(25)23-14-10-11-15-24(23)38-5)28(32-31(33-29)34(3)4)36-18-16-35(17-19-36)20-22-12-8-7-9-13-22/h7-15,26H,6,16-20H2,1-5H3/t26-/m1/s1. The van der Waals surface area contributed by atoms with Crippen LogP contribution < -0.4 is 19.3 Å². The van der Waals surface area contributed by atoms with Gasteiger partial charge in [0.25, 0.3) is 0 Å². The summed E-state index contributed by atoms with van der Waals surface area (Å²) in [6.45, 7) is 8.07. The Balaban J connectivity index is 1.59. The lowest BCUT2D eigenvalue weighted by molar-refractivity contribution is -0.139. The number of carbonyl (C=O) groups excluding carboxylic acids is 1. The van der Waals surface area contributed by atoms with Crippen molar-refractivity contribution in [1.82, 2.24) is 14.9 Å². The molecule has 1 saturated heterocycles. The van der Waals surface area contributed by atoms with Crippen molar-refractivity contribution in [3.05, 3.63) is 82.6 Å². The largest absolute Gasteiger partial charge is 0.496 e. The second-order valence-electron chi connectivity index (χ2n) is 10.2. The van der Waals surface area contributed by atoms with Crippen LogP contribution in [0.2, 0.25) is 0 Å². The van der Waals surface area contributed by atoms with Crippen LogP contribution in [0, 0.1) is 0 Å². The molecule has 1 aromatic heterocycles. The number of carbonyl (C=O) groups is 1. The topological polar surface area (TPSA) is 80.3 Å². The molecule has 0 saturated carbocycles. The quantitative estimate of drug-likeness (QED) is 0.388. The van der Waals surface area contributed by atoms with Crippen LogP contribution >= 0.6 is 0 Å². The van der Waals surface area contributed by atoms with Gasteiger partial charge in [-0.3, -0.25) is 4.90 Å². The lowest BCUT2D eigenvalue weighted by atomic mass is 9.82. The van der Waals surface area contributed by atoms with Crippen molar-refractivity contribution in [3.8, 4) is 11.6 Å². The van der Waals surface area contributed by atoms with E-state index in [-0.39, 0.29) is 6.61 Å². The van der Waals surface area contributed by atoms with E-state index < -0.39 is 11.9 Å². The normalized spacial score (nSPS) is 17.2. The SMILES string of the molecule is CCOC(=O)C1=C(C)Oc2nc(N(C)C)nc(N3CCN(Cc4ccccc4)CC3)c2[C@@H]1c1ccccc1OC. The number of allylic oxidation sites excluding steroid dienone is 1. The molecule has 0 spiro atoms. The number of nitrogens with zero attached hydrogens (tertiary/aromatic N) is 5. The second-order valence-corrected chi connectivity index (χ2v) is 10.2. The maximum atomic E-state index is 13.4. The van der Waals surface area contributed by atoms with Crippen LogP contribution in [0.1, 0.15) is 36.5 Å². The molecule has 2 aromatic carbocycles. The van der Waals surface area contributed by atoms with Gasteiger partial charge in [0.05, 0.1) is 30.8 Å². The Morgan fingerprint density at radius 2 is 1.73 bits per heavy atom. The summed E-state index contributed by atoms with van der Waals surface area (Å²) < 4.78 is 17.6. The third kappa shape index (κ3) is 5.47. The molecule has 0 unspecified atom stereocenters. The summed E-state index contributed by atoms with van der Waals surface area (Å²) in [5.41, 5.74) is 3.32. The molecule has 2 aliphatic heterocycles. The average Bonchev–Trinajstić information content (AvgIpc) is 2.96. The third-order valence-electron chi connectivity index (χ3n) is 7.35. The van der Waals surface area contributed by atoms with E-state index in [1.54, 1.807) is 21.0 Å². The minimum Gasteiger partial charge on any atom is -0.496 e. The summed E-state index contributed by atoms with van der Waals surface area (Å²) in [6, 6.07) is 18.3. The molecule has 0 amide bonds. The fourth-order valence-corrected chi connectivity index (χ4v) is 5.39. The van der Waals surface area contributed by atoms with Gasteiger partial charge < -0.3 is 24.0 Å². The zero-order valence-electron chi connectivity index (χ0n) is 23.9. The van der Waals surface area contributed by atoms with E-state index in [9.17, 15) is 4.79 Å². The summed E-state index contributed by atoms with van der Waals surface area (Å²) in [5.74, 6) is 1.95. The van der Waals surface area contributed by atoms with E-state index in [0.717, 1.165) is 49.7 Å². The number of esters is 1. The third-order valence-corrected chi connectivity index (χ3v) is 7.35. The first-order valence-electron chi connectivity index (χ1n) is 13.7. The number of hydrogen-bond donors (Lipinski definition) is 0. The molecular formula is C31H37N5O4. The molecule has 40 heavy (non-hydrogen) atoms. The highest BCUT2D eigenvalue weighted by molar-refractivity contribution is 5.93. The summed E-state index contributed by atoms with van der Waals surface area (Å²) in [4.78, 5) is 29.8. The molecule has 1 atom stereocenters. The van der Waals surface area contributed by atoms with Gasteiger partial charge in [-0.05, 0) is 25.5 Å². The molecule has 0 N–H and O–H groups in total. The van der Waals surface area contributed by atoms with Crippen LogP contribution in [0.4, 0.5) is 11.8 Å². The average molecular weight is 544 g/mol. The number of hydrogen-bond acceptors (Lipinski definition) is 9. The van der Waals surface area contributed by atoms with Crippen molar-refractivity contribution in [3.63, 3.8) is 0 Å². The molecule has 1 fully saturated rings. The Labute approximate surface area is 236 Å². The summed E-state index contributed by atoms with van der Waals surface area (Å²) in [6.07, 6.45) is 0. The van der Waals surface area contributed by atoms with Crippen LogP contribution in [-0.4, -0.2) is 74.8 Å². The molecule has 9 nitrogen and oxygen atoms in total. The number of benzene rings is 2. The molecule has 0 aliphatic carbocycles. The zero-order valence-corrected chi connectivity index (χ0v) is 23.9. The first kappa shape index (κ1) is 27.5. The first-order chi connectivity index (χ1) is 19.4. The number of piperazine rings is 1. The van der Waals surface area contributed by atoms with Gasteiger partial charge in [-0.25, -0.2) is 4.79 Å².